The third-order valence-corrected chi connectivity index (χ3v) is 5.38. The molecule has 0 spiro atoms. The molecule has 1 fully saturated rings. The van der Waals surface area contributed by atoms with Gasteiger partial charge in [0.2, 0.25) is 0 Å². The Hall–Kier alpha value is -2.72. The van der Waals surface area contributed by atoms with Crippen molar-refractivity contribution in [2.24, 2.45) is 0 Å². The molecule has 1 aliphatic heterocycles. The molecule has 1 saturated heterocycles. The van der Waals surface area contributed by atoms with E-state index in [2.05, 4.69) is 5.32 Å². The van der Waals surface area contributed by atoms with E-state index in [9.17, 15) is 27.2 Å². The maximum atomic E-state index is 13.7. The predicted octanol–water partition coefficient (Wildman–Crippen LogP) is 4.72. The number of halogens is 4. The van der Waals surface area contributed by atoms with Crippen molar-refractivity contribution in [3.8, 4) is 0 Å². The van der Waals surface area contributed by atoms with Crippen LogP contribution in [0.5, 0.6) is 0 Å². The van der Waals surface area contributed by atoms with Crippen molar-refractivity contribution in [1.29, 1.82) is 0 Å². The maximum Gasteiger partial charge on any atom is 0.266 e. The minimum absolute atomic E-state index is 0.198. The first-order valence-corrected chi connectivity index (χ1v) is 9.45. The van der Waals surface area contributed by atoms with Gasteiger partial charge in [-0.1, -0.05) is 36.1 Å². The number of hydrogen-bond donors (Lipinski definition) is 1. The van der Waals surface area contributed by atoms with Crippen LogP contribution in [0.15, 0.2) is 35.2 Å². The first-order valence-electron chi connectivity index (χ1n) is 8.22. The van der Waals surface area contributed by atoms with Gasteiger partial charge in [0.1, 0.15) is 4.32 Å². The number of carbonyl (C=O) groups excluding carboxylic acids is 2. The summed E-state index contributed by atoms with van der Waals surface area (Å²) in [6.07, 6.45) is 1.63. The molecule has 1 heterocycles. The van der Waals surface area contributed by atoms with Crippen LogP contribution in [0.1, 0.15) is 22.8 Å². The van der Waals surface area contributed by atoms with Crippen molar-refractivity contribution in [3.05, 3.63) is 69.6 Å². The van der Waals surface area contributed by atoms with Gasteiger partial charge in [-0.25, -0.2) is 17.6 Å². The Kier molecular flexibility index (Phi) is 6.04. The molecule has 1 N–H and O–H groups in total. The summed E-state index contributed by atoms with van der Waals surface area (Å²) in [5.74, 6) is -8.84. The monoisotopic (exact) mass is 440 g/mol. The zero-order valence-corrected chi connectivity index (χ0v) is 16.4. The van der Waals surface area contributed by atoms with E-state index in [1.165, 1.54) is 28.8 Å². The van der Waals surface area contributed by atoms with Crippen LogP contribution in [0.4, 0.5) is 23.2 Å². The Balaban J connectivity index is 1.77. The van der Waals surface area contributed by atoms with Gasteiger partial charge in [0.05, 0.1) is 10.5 Å². The van der Waals surface area contributed by atoms with Gasteiger partial charge < -0.3 is 5.32 Å². The second kappa shape index (κ2) is 8.34. The number of rotatable bonds is 4. The maximum absolute atomic E-state index is 13.7. The molecule has 3 rings (SSSR count). The molecule has 0 saturated carbocycles. The van der Waals surface area contributed by atoms with E-state index < -0.39 is 34.7 Å². The summed E-state index contributed by atoms with van der Waals surface area (Å²) in [4.78, 5) is 26.2. The average molecular weight is 440 g/mol. The van der Waals surface area contributed by atoms with Crippen molar-refractivity contribution < 1.29 is 27.2 Å². The average Bonchev–Trinajstić information content (AvgIpc) is 2.96. The molecule has 0 bridgehead atoms. The van der Waals surface area contributed by atoms with Crippen LogP contribution in [0.3, 0.4) is 0 Å². The summed E-state index contributed by atoms with van der Waals surface area (Å²) >= 11 is 6.31. The molecule has 0 unspecified atom stereocenters. The molecular weight excluding hydrogens is 428 g/mol. The highest BCUT2D eigenvalue weighted by molar-refractivity contribution is 8.26. The van der Waals surface area contributed by atoms with E-state index in [1.807, 2.05) is 6.92 Å². The normalized spacial score (nSPS) is 15.3. The standard InChI is InChI=1S/C19H12F4N2O2S2/c1-2-25-18(27)13(29-19(25)28)7-9-3-5-10(6-4-9)24-17(26)11-8-12(20)15(22)16(23)14(11)21/h3-8H,2H2,1H3,(H,24,26)/b13-7+. The summed E-state index contributed by atoms with van der Waals surface area (Å²) in [5.41, 5.74) is -0.115. The predicted molar refractivity (Wildman–Crippen MR) is 106 cm³/mol. The van der Waals surface area contributed by atoms with Gasteiger partial charge in [0.15, 0.2) is 23.3 Å². The Morgan fingerprint density at radius 2 is 1.79 bits per heavy atom. The zero-order chi connectivity index (χ0) is 21.3. The smallest absolute Gasteiger partial charge is 0.266 e. The molecule has 0 atom stereocenters. The van der Waals surface area contributed by atoms with Crippen LogP contribution in [-0.2, 0) is 4.79 Å². The number of hydrogen-bond acceptors (Lipinski definition) is 4. The minimum Gasteiger partial charge on any atom is -0.322 e. The number of nitrogens with one attached hydrogen (secondary N) is 1. The van der Waals surface area contributed by atoms with Crippen LogP contribution in [0, 0.1) is 23.3 Å². The molecule has 2 amide bonds. The van der Waals surface area contributed by atoms with E-state index in [-0.39, 0.29) is 17.7 Å². The highest BCUT2D eigenvalue weighted by atomic mass is 32.2. The van der Waals surface area contributed by atoms with Crippen LogP contribution >= 0.6 is 24.0 Å². The Morgan fingerprint density at radius 3 is 2.38 bits per heavy atom. The highest BCUT2D eigenvalue weighted by Gasteiger charge is 2.30. The fourth-order valence-electron chi connectivity index (χ4n) is 2.52. The number of likely N-dealkylation sites (N-methyl/N-ethyl adjacent to an activating group) is 1. The molecule has 4 nitrogen and oxygen atoms in total. The largest absolute Gasteiger partial charge is 0.322 e. The van der Waals surface area contributed by atoms with Crippen LogP contribution in [0.25, 0.3) is 6.08 Å². The van der Waals surface area contributed by atoms with Gasteiger partial charge in [-0.3, -0.25) is 14.5 Å². The molecule has 10 heteroatoms. The molecule has 1 aliphatic rings. The van der Waals surface area contributed by atoms with Gasteiger partial charge in [0.25, 0.3) is 11.8 Å². The summed E-state index contributed by atoms with van der Waals surface area (Å²) in [6, 6.07) is 6.36. The van der Waals surface area contributed by atoms with Gasteiger partial charge in [-0.2, -0.15) is 0 Å². The van der Waals surface area contributed by atoms with Crippen LogP contribution in [-0.4, -0.2) is 27.6 Å². The van der Waals surface area contributed by atoms with Crippen LogP contribution in [0.2, 0.25) is 0 Å². The summed E-state index contributed by atoms with van der Waals surface area (Å²) < 4.78 is 53.8. The second-order valence-corrected chi connectivity index (χ2v) is 7.53. The number of anilines is 1. The first-order chi connectivity index (χ1) is 13.7. The number of carbonyl (C=O) groups is 2. The van der Waals surface area contributed by atoms with Gasteiger partial charge in [-0.05, 0) is 36.8 Å². The Bertz CT molecular complexity index is 1060. The highest BCUT2D eigenvalue weighted by Crippen LogP contribution is 2.32. The molecule has 29 heavy (non-hydrogen) atoms. The van der Waals surface area contributed by atoms with E-state index in [1.54, 1.807) is 18.2 Å². The minimum atomic E-state index is -2.06. The molecule has 0 radical (unpaired) electrons. The van der Waals surface area contributed by atoms with E-state index in [0.29, 0.717) is 21.3 Å². The van der Waals surface area contributed by atoms with Crippen LogP contribution < -0.4 is 5.32 Å². The lowest BCUT2D eigenvalue weighted by Crippen LogP contribution is -2.27. The quantitative estimate of drug-likeness (QED) is 0.246. The topological polar surface area (TPSA) is 49.4 Å². The summed E-state index contributed by atoms with van der Waals surface area (Å²) in [5, 5.41) is 2.27. The molecule has 2 aromatic rings. The van der Waals surface area contributed by atoms with Crippen molar-refractivity contribution in [2.75, 3.05) is 11.9 Å². The Labute approximate surface area is 172 Å². The molecule has 0 aliphatic carbocycles. The lowest BCUT2D eigenvalue weighted by atomic mass is 10.1. The van der Waals surface area contributed by atoms with Gasteiger partial charge in [0, 0.05) is 12.2 Å². The number of thioether (sulfide) groups is 1. The third kappa shape index (κ3) is 4.18. The lowest BCUT2D eigenvalue weighted by molar-refractivity contribution is -0.121. The van der Waals surface area contributed by atoms with Crippen molar-refractivity contribution in [2.45, 2.75) is 6.92 Å². The fourth-order valence-corrected chi connectivity index (χ4v) is 3.91. The van der Waals surface area contributed by atoms with Crippen molar-refractivity contribution in [1.82, 2.24) is 4.90 Å². The number of benzene rings is 2. The number of thiocarbonyl (C=S) groups is 1. The molecule has 150 valence electrons. The Morgan fingerprint density at radius 1 is 1.14 bits per heavy atom. The third-order valence-electron chi connectivity index (χ3n) is 4.00. The molecular formula is C19H12F4N2O2S2. The first kappa shape index (κ1) is 21.0. The fraction of sp³-hybridized carbons (Fsp3) is 0.105. The van der Waals surface area contributed by atoms with E-state index in [0.717, 1.165) is 0 Å². The van der Waals surface area contributed by atoms with Gasteiger partial charge >= 0.3 is 0 Å². The molecule has 0 aromatic heterocycles. The number of nitrogens with zero attached hydrogens (tertiary/aromatic N) is 1. The number of amides is 2. The summed E-state index contributed by atoms with van der Waals surface area (Å²) in [6.45, 7) is 2.28. The van der Waals surface area contributed by atoms with E-state index in [4.69, 9.17) is 12.2 Å². The zero-order valence-electron chi connectivity index (χ0n) is 14.8. The van der Waals surface area contributed by atoms with Crippen molar-refractivity contribution >= 4 is 51.9 Å². The van der Waals surface area contributed by atoms with E-state index >= 15 is 0 Å². The second-order valence-electron chi connectivity index (χ2n) is 5.85. The SMILES string of the molecule is CCN1C(=O)/C(=C\c2ccc(NC(=O)c3cc(F)c(F)c(F)c3F)cc2)SC1=S. The summed E-state index contributed by atoms with van der Waals surface area (Å²) in [7, 11) is 0. The van der Waals surface area contributed by atoms with Crippen molar-refractivity contribution in [3.63, 3.8) is 0 Å². The lowest BCUT2D eigenvalue weighted by Gasteiger charge is -2.09. The van der Waals surface area contributed by atoms with Gasteiger partial charge in [-0.15, -0.1) is 0 Å². The molecule has 2 aromatic carbocycles.